The second kappa shape index (κ2) is 6.42. The average molecular weight is 294 g/mol. The van der Waals surface area contributed by atoms with Gasteiger partial charge in [0.05, 0.1) is 13.7 Å². The molecule has 1 aromatic rings. The first-order valence-electron chi connectivity index (χ1n) is 5.53. The van der Waals surface area contributed by atoms with Crippen molar-refractivity contribution in [2.45, 2.75) is 19.8 Å². The molecule has 1 aromatic heterocycles. The van der Waals surface area contributed by atoms with E-state index in [0.29, 0.717) is 0 Å². The molecule has 0 amide bonds. The van der Waals surface area contributed by atoms with E-state index in [1.54, 1.807) is 6.92 Å². The molecule has 0 aliphatic heterocycles. The minimum absolute atomic E-state index is 0.0555. The van der Waals surface area contributed by atoms with Crippen LogP contribution in [-0.2, 0) is 11.3 Å². The van der Waals surface area contributed by atoms with Crippen LogP contribution in [0, 0.1) is 0 Å². The number of carbonyl (C=O) groups excluding carboxylic acids is 1. The minimum atomic E-state index is -4.97. The highest BCUT2D eigenvalue weighted by atomic mass is 19.4. The summed E-state index contributed by atoms with van der Waals surface area (Å²) < 4.78 is 50.1. The summed E-state index contributed by atoms with van der Waals surface area (Å²) in [6.07, 6.45) is -4.97. The van der Waals surface area contributed by atoms with Crippen molar-refractivity contribution in [3.63, 3.8) is 0 Å². The first-order chi connectivity index (χ1) is 9.32. The van der Waals surface area contributed by atoms with Crippen molar-refractivity contribution in [2.75, 3.05) is 13.7 Å². The maximum Gasteiger partial charge on any atom is 0.574 e. The summed E-state index contributed by atoms with van der Waals surface area (Å²) in [5.41, 5.74) is 5.21. The van der Waals surface area contributed by atoms with E-state index in [9.17, 15) is 18.0 Å². The second-order valence-corrected chi connectivity index (χ2v) is 3.48. The number of halogens is 3. The molecule has 0 radical (unpaired) electrons. The van der Waals surface area contributed by atoms with Crippen LogP contribution in [0.2, 0.25) is 0 Å². The van der Waals surface area contributed by atoms with Gasteiger partial charge in [-0.15, -0.1) is 13.2 Å². The van der Waals surface area contributed by atoms with Crippen molar-refractivity contribution in [3.8, 4) is 11.6 Å². The Kier molecular flexibility index (Phi) is 5.14. The van der Waals surface area contributed by atoms with Crippen LogP contribution in [0.1, 0.15) is 23.0 Å². The molecule has 0 aromatic carbocycles. The fourth-order valence-corrected chi connectivity index (χ4v) is 1.42. The van der Waals surface area contributed by atoms with Crippen LogP contribution in [0.3, 0.4) is 0 Å². The fourth-order valence-electron chi connectivity index (χ4n) is 1.42. The third-order valence-electron chi connectivity index (χ3n) is 2.14. The van der Waals surface area contributed by atoms with Gasteiger partial charge in [0, 0.05) is 12.1 Å². The number of hydrogen-bond donors (Lipinski definition) is 1. The number of ether oxygens (including phenoxy) is 3. The predicted octanol–water partition coefficient (Wildman–Crippen LogP) is 1.62. The molecule has 2 N–H and O–H groups in total. The largest absolute Gasteiger partial charge is 0.574 e. The van der Waals surface area contributed by atoms with Crippen LogP contribution in [0.25, 0.3) is 0 Å². The van der Waals surface area contributed by atoms with E-state index in [1.165, 1.54) is 6.07 Å². The van der Waals surface area contributed by atoms with Gasteiger partial charge in [0.1, 0.15) is 0 Å². The molecule has 112 valence electrons. The smallest absolute Gasteiger partial charge is 0.491 e. The highest BCUT2D eigenvalue weighted by molar-refractivity contribution is 5.88. The zero-order valence-electron chi connectivity index (χ0n) is 10.8. The number of methoxy groups -OCH3 is 1. The molecule has 0 fully saturated rings. The SMILES string of the molecule is CCOC(=O)c1cc(CN)c(OC)c(OC(F)(F)F)n1. The standard InChI is InChI=1S/C11H13F3N2O4/c1-3-19-10(17)7-4-6(5-15)8(18-2)9(16-7)20-11(12,13)14/h4H,3,5,15H2,1-2H3. The summed E-state index contributed by atoms with van der Waals surface area (Å²) in [6.45, 7) is 1.45. The van der Waals surface area contributed by atoms with Crippen LogP contribution in [0.4, 0.5) is 13.2 Å². The molecular formula is C11H13F3N2O4. The Balaban J connectivity index is 3.30. The van der Waals surface area contributed by atoms with Crippen molar-refractivity contribution in [1.29, 1.82) is 0 Å². The number of aromatic nitrogens is 1. The lowest BCUT2D eigenvalue weighted by atomic mass is 10.2. The van der Waals surface area contributed by atoms with Crippen molar-refractivity contribution in [2.24, 2.45) is 5.73 Å². The Morgan fingerprint density at radius 3 is 2.55 bits per heavy atom. The van der Waals surface area contributed by atoms with Gasteiger partial charge in [0.2, 0.25) is 0 Å². The van der Waals surface area contributed by atoms with Gasteiger partial charge >= 0.3 is 12.3 Å². The van der Waals surface area contributed by atoms with Crippen LogP contribution in [0.15, 0.2) is 6.07 Å². The monoisotopic (exact) mass is 294 g/mol. The third kappa shape index (κ3) is 3.98. The minimum Gasteiger partial charge on any atom is -0.491 e. The second-order valence-electron chi connectivity index (χ2n) is 3.48. The quantitative estimate of drug-likeness (QED) is 0.831. The van der Waals surface area contributed by atoms with Crippen LogP contribution >= 0.6 is 0 Å². The van der Waals surface area contributed by atoms with Crippen molar-refractivity contribution in [3.05, 3.63) is 17.3 Å². The maximum atomic E-state index is 12.3. The van der Waals surface area contributed by atoms with Gasteiger partial charge in [-0.1, -0.05) is 0 Å². The number of pyridine rings is 1. The van der Waals surface area contributed by atoms with E-state index in [0.717, 1.165) is 7.11 Å². The molecule has 0 atom stereocenters. The Hall–Kier alpha value is -2.03. The van der Waals surface area contributed by atoms with Gasteiger partial charge < -0.3 is 19.9 Å². The van der Waals surface area contributed by atoms with E-state index < -0.39 is 18.2 Å². The summed E-state index contributed by atoms with van der Waals surface area (Å²) in [4.78, 5) is 15.0. The summed E-state index contributed by atoms with van der Waals surface area (Å²) in [5.74, 6) is -2.04. The number of nitrogens with two attached hydrogens (primary N) is 1. The molecule has 0 saturated heterocycles. The fraction of sp³-hybridized carbons (Fsp3) is 0.455. The zero-order valence-corrected chi connectivity index (χ0v) is 10.8. The Morgan fingerprint density at radius 1 is 1.45 bits per heavy atom. The summed E-state index contributed by atoms with van der Waals surface area (Å²) in [6, 6.07) is 1.19. The van der Waals surface area contributed by atoms with Crippen molar-refractivity contribution in [1.82, 2.24) is 4.98 Å². The van der Waals surface area contributed by atoms with Crippen LogP contribution < -0.4 is 15.2 Å². The molecule has 6 nitrogen and oxygen atoms in total. The van der Waals surface area contributed by atoms with Gasteiger partial charge in [-0.05, 0) is 13.0 Å². The molecule has 20 heavy (non-hydrogen) atoms. The van der Waals surface area contributed by atoms with E-state index >= 15 is 0 Å². The number of rotatable bonds is 5. The summed E-state index contributed by atoms with van der Waals surface area (Å²) >= 11 is 0. The maximum absolute atomic E-state index is 12.3. The Morgan fingerprint density at radius 2 is 2.10 bits per heavy atom. The molecule has 0 bridgehead atoms. The van der Waals surface area contributed by atoms with Gasteiger partial charge in [-0.25, -0.2) is 9.78 Å². The van der Waals surface area contributed by atoms with E-state index in [2.05, 4.69) is 14.5 Å². The molecule has 0 unspecified atom stereocenters. The third-order valence-corrected chi connectivity index (χ3v) is 2.14. The lowest BCUT2D eigenvalue weighted by Gasteiger charge is -2.15. The molecule has 9 heteroatoms. The molecule has 0 aliphatic carbocycles. The Bertz CT molecular complexity index is 491. The molecule has 0 saturated carbocycles. The van der Waals surface area contributed by atoms with Gasteiger partial charge in [-0.3, -0.25) is 0 Å². The number of esters is 1. The van der Waals surface area contributed by atoms with E-state index in [4.69, 9.17) is 10.5 Å². The topological polar surface area (TPSA) is 83.7 Å². The molecular weight excluding hydrogens is 281 g/mol. The Labute approximate surface area is 112 Å². The van der Waals surface area contributed by atoms with Gasteiger partial charge in [0.15, 0.2) is 11.4 Å². The molecule has 1 rings (SSSR count). The van der Waals surface area contributed by atoms with Crippen molar-refractivity contribution >= 4 is 5.97 Å². The number of nitrogens with zero attached hydrogens (tertiary/aromatic N) is 1. The number of hydrogen-bond acceptors (Lipinski definition) is 6. The zero-order chi connectivity index (χ0) is 15.3. The van der Waals surface area contributed by atoms with Crippen LogP contribution in [-0.4, -0.2) is 31.0 Å². The van der Waals surface area contributed by atoms with Crippen molar-refractivity contribution < 1.29 is 32.2 Å². The summed E-state index contributed by atoms with van der Waals surface area (Å²) in [5, 5.41) is 0. The lowest BCUT2D eigenvalue weighted by Crippen LogP contribution is -2.20. The summed E-state index contributed by atoms with van der Waals surface area (Å²) in [7, 11) is 1.14. The first-order valence-corrected chi connectivity index (χ1v) is 5.53. The van der Waals surface area contributed by atoms with E-state index in [-0.39, 0.29) is 30.2 Å². The van der Waals surface area contributed by atoms with Crippen LogP contribution in [0.5, 0.6) is 11.6 Å². The molecule has 1 heterocycles. The van der Waals surface area contributed by atoms with Gasteiger partial charge in [-0.2, -0.15) is 0 Å². The average Bonchev–Trinajstić information content (AvgIpc) is 2.36. The normalized spacial score (nSPS) is 11.1. The first kappa shape index (κ1) is 16.0. The van der Waals surface area contributed by atoms with E-state index in [1.807, 2.05) is 0 Å². The predicted molar refractivity (Wildman–Crippen MR) is 61.3 cm³/mol. The highest BCUT2D eigenvalue weighted by Gasteiger charge is 2.34. The molecule has 0 aliphatic rings. The number of alkyl halides is 3. The highest BCUT2D eigenvalue weighted by Crippen LogP contribution is 2.33. The molecule has 0 spiro atoms. The van der Waals surface area contributed by atoms with Gasteiger partial charge in [0.25, 0.3) is 5.88 Å². The number of carbonyl (C=O) groups is 1. The lowest BCUT2D eigenvalue weighted by molar-refractivity contribution is -0.276.